The molecular weight excluding hydrogens is 382 g/mol. The minimum Gasteiger partial charge on any atom is -0.481 e. The minimum atomic E-state index is -0.716. The summed E-state index contributed by atoms with van der Waals surface area (Å²) in [4.78, 5) is 23.9. The van der Waals surface area contributed by atoms with E-state index in [-0.39, 0.29) is 12.0 Å². The fourth-order valence-corrected chi connectivity index (χ4v) is 3.50. The van der Waals surface area contributed by atoms with Gasteiger partial charge in [0.2, 0.25) is 11.6 Å². The number of hydrogen-bond acceptors (Lipinski definition) is 7. The van der Waals surface area contributed by atoms with Crippen LogP contribution >= 0.6 is 0 Å². The normalized spacial score (nSPS) is 18.4. The Kier molecular flexibility index (Phi) is 5.85. The van der Waals surface area contributed by atoms with Crippen molar-refractivity contribution in [2.45, 2.75) is 45.7 Å². The minimum absolute atomic E-state index is 0.222. The van der Waals surface area contributed by atoms with Crippen molar-refractivity contribution in [3.05, 3.63) is 47.8 Å². The van der Waals surface area contributed by atoms with Crippen LogP contribution in [0.15, 0.2) is 41.2 Å². The molecule has 2 N–H and O–H groups in total. The first-order chi connectivity index (χ1) is 14.5. The van der Waals surface area contributed by atoms with Gasteiger partial charge in [-0.15, -0.1) is 0 Å². The largest absolute Gasteiger partial charge is 0.481 e. The van der Waals surface area contributed by atoms with Crippen LogP contribution in [0, 0.1) is 11.8 Å². The Labute approximate surface area is 174 Å². The molecule has 0 unspecified atom stereocenters. The van der Waals surface area contributed by atoms with Gasteiger partial charge in [0, 0.05) is 36.1 Å². The van der Waals surface area contributed by atoms with Gasteiger partial charge in [0.15, 0.2) is 0 Å². The average Bonchev–Trinajstić information content (AvgIpc) is 3.17. The van der Waals surface area contributed by atoms with E-state index >= 15 is 0 Å². The first kappa shape index (κ1) is 20.2. The van der Waals surface area contributed by atoms with Crippen molar-refractivity contribution in [2.75, 3.05) is 0 Å². The molecule has 156 valence electrons. The van der Waals surface area contributed by atoms with Gasteiger partial charge in [0.25, 0.3) is 5.89 Å². The molecule has 0 atom stereocenters. The molecular formula is C22H25N5O3. The molecule has 1 aliphatic carbocycles. The number of carbonyl (C=O) groups is 1. The van der Waals surface area contributed by atoms with Gasteiger partial charge in [-0.2, -0.15) is 4.98 Å². The molecule has 2 heterocycles. The highest BCUT2D eigenvalue weighted by Crippen LogP contribution is 2.27. The fourth-order valence-electron chi connectivity index (χ4n) is 3.50. The highest BCUT2D eigenvalue weighted by molar-refractivity contribution is 5.71. The van der Waals surface area contributed by atoms with Gasteiger partial charge in [-0.3, -0.25) is 4.79 Å². The standard InChI is InChI=1S/C22H25N5O3/c1-13(2)7-14-3-5-16(6-4-14)21-26-20(27-30-21)19-24-11-15(12-25-19)10-23-18-8-17(9-18)22(28)29/h3-6,11-13,17-18,23H,7-10H2,1-2H3,(H,28,29)/t17-,18+. The molecule has 1 saturated carbocycles. The van der Waals surface area contributed by atoms with E-state index in [1.807, 2.05) is 12.1 Å². The Morgan fingerprint density at radius 2 is 1.83 bits per heavy atom. The Balaban J connectivity index is 1.35. The molecule has 1 aliphatic rings. The number of carboxylic acids is 1. The number of aromatic nitrogens is 4. The second-order valence-corrected chi connectivity index (χ2v) is 8.22. The van der Waals surface area contributed by atoms with E-state index in [4.69, 9.17) is 9.63 Å². The molecule has 0 aliphatic heterocycles. The zero-order valence-corrected chi connectivity index (χ0v) is 17.1. The van der Waals surface area contributed by atoms with Crippen molar-refractivity contribution < 1.29 is 14.4 Å². The maximum absolute atomic E-state index is 10.9. The predicted molar refractivity (Wildman–Crippen MR) is 110 cm³/mol. The van der Waals surface area contributed by atoms with Crippen LogP contribution in [-0.4, -0.2) is 37.2 Å². The van der Waals surface area contributed by atoms with Crippen LogP contribution in [0.25, 0.3) is 23.1 Å². The monoisotopic (exact) mass is 407 g/mol. The maximum Gasteiger partial charge on any atom is 0.306 e. The number of nitrogens with one attached hydrogen (secondary N) is 1. The summed E-state index contributed by atoms with van der Waals surface area (Å²) in [5.41, 5.74) is 3.06. The number of aliphatic carboxylic acids is 1. The van der Waals surface area contributed by atoms with E-state index in [1.165, 1.54) is 5.56 Å². The van der Waals surface area contributed by atoms with E-state index in [0.717, 1.165) is 17.5 Å². The molecule has 30 heavy (non-hydrogen) atoms. The van der Waals surface area contributed by atoms with Crippen molar-refractivity contribution in [1.29, 1.82) is 0 Å². The molecule has 0 radical (unpaired) electrons. The van der Waals surface area contributed by atoms with Crippen molar-refractivity contribution in [1.82, 2.24) is 25.4 Å². The number of carboxylic acid groups (broad SMARTS) is 1. The van der Waals surface area contributed by atoms with Gasteiger partial charge in [-0.25, -0.2) is 9.97 Å². The maximum atomic E-state index is 10.9. The summed E-state index contributed by atoms with van der Waals surface area (Å²) in [6.45, 7) is 4.99. The zero-order valence-electron chi connectivity index (χ0n) is 17.1. The topological polar surface area (TPSA) is 114 Å². The summed E-state index contributed by atoms with van der Waals surface area (Å²) in [5, 5.41) is 16.3. The first-order valence-electron chi connectivity index (χ1n) is 10.2. The SMILES string of the molecule is CC(C)Cc1ccc(-c2nc(-c3ncc(CN[C@H]4C[C@@H](C(=O)O)C4)cn3)no2)cc1. The Bertz CT molecular complexity index is 992. The molecule has 0 spiro atoms. The molecule has 0 amide bonds. The third-order valence-electron chi connectivity index (χ3n) is 5.26. The third-order valence-corrected chi connectivity index (χ3v) is 5.26. The van der Waals surface area contributed by atoms with Crippen LogP contribution in [0.2, 0.25) is 0 Å². The number of nitrogens with zero attached hydrogens (tertiary/aromatic N) is 4. The number of hydrogen-bond donors (Lipinski definition) is 2. The first-order valence-corrected chi connectivity index (χ1v) is 10.2. The van der Waals surface area contributed by atoms with E-state index in [9.17, 15) is 4.79 Å². The van der Waals surface area contributed by atoms with Gasteiger partial charge in [-0.05, 0) is 42.9 Å². The van der Waals surface area contributed by atoms with Crippen molar-refractivity contribution >= 4 is 5.97 Å². The molecule has 0 saturated heterocycles. The Morgan fingerprint density at radius 1 is 1.13 bits per heavy atom. The molecule has 0 bridgehead atoms. The number of benzene rings is 1. The summed E-state index contributed by atoms with van der Waals surface area (Å²) in [7, 11) is 0. The molecule has 4 rings (SSSR count). The summed E-state index contributed by atoms with van der Waals surface area (Å²) in [6, 6.07) is 8.37. The molecule has 2 aromatic heterocycles. The smallest absolute Gasteiger partial charge is 0.306 e. The fraction of sp³-hybridized carbons (Fsp3) is 0.409. The van der Waals surface area contributed by atoms with Crippen LogP contribution in [0.1, 0.15) is 37.8 Å². The van der Waals surface area contributed by atoms with E-state index in [2.05, 4.69) is 51.4 Å². The van der Waals surface area contributed by atoms with Crippen LogP contribution in [0.3, 0.4) is 0 Å². The lowest BCUT2D eigenvalue weighted by Crippen LogP contribution is -2.43. The van der Waals surface area contributed by atoms with Crippen LogP contribution < -0.4 is 5.32 Å². The van der Waals surface area contributed by atoms with E-state index in [1.54, 1.807) is 12.4 Å². The highest BCUT2D eigenvalue weighted by Gasteiger charge is 2.33. The van der Waals surface area contributed by atoms with Gasteiger partial charge in [0.05, 0.1) is 5.92 Å². The van der Waals surface area contributed by atoms with Gasteiger partial charge >= 0.3 is 5.97 Å². The lowest BCUT2D eigenvalue weighted by molar-refractivity contribution is -0.145. The summed E-state index contributed by atoms with van der Waals surface area (Å²) < 4.78 is 5.39. The second-order valence-electron chi connectivity index (χ2n) is 8.22. The quantitative estimate of drug-likeness (QED) is 0.584. The van der Waals surface area contributed by atoms with Crippen molar-refractivity contribution in [3.63, 3.8) is 0 Å². The van der Waals surface area contributed by atoms with Gasteiger partial charge in [0.1, 0.15) is 0 Å². The molecule has 8 nitrogen and oxygen atoms in total. The van der Waals surface area contributed by atoms with Crippen LogP contribution in [0.4, 0.5) is 0 Å². The van der Waals surface area contributed by atoms with Gasteiger partial charge < -0.3 is 14.9 Å². The number of rotatable bonds is 8. The van der Waals surface area contributed by atoms with Crippen molar-refractivity contribution in [2.24, 2.45) is 11.8 Å². The van der Waals surface area contributed by atoms with Gasteiger partial charge in [-0.1, -0.05) is 31.1 Å². The third kappa shape index (κ3) is 4.71. The van der Waals surface area contributed by atoms with Crippen LogP contribution in [-0.2, 0) is 17.8 Å². The van der Waals surface area contributed by atoms with Crippen molar-refractivity contribution in [3.8, 4) is 23.1 Å². The Morgan fingerprint density at radius 3 is 2.47 bits per heavy atom. The van der Waals surface area contributed by atoms with E-state index < -0.39 is 5.97 Å². The van der Waals surface area contributed by atoms with Crippen LogP contribution in [0.5, 0.6) is 0 Å². The Hall–Kier alpha value is -3.13. The predicted octanol–water partition coefficient (Wildman–Crippen LogP) is 3.34. The average molecular weight is 407 g/mol. The molecule has 1 fully saturated rings. The van der Waals surface area contributed by atoms with E-state index in [0.29, 0.717) is 42.8 Å². The molecule has 3 aromatic rings. The second kappa shape index (κ2) is 8.71. The molecule has 1 aromatic carbocycles. The summed E-state index contributed by atoms with van der Waals surface area (Å²) in [6.07, 6.45) is 5.81. The zero-order chi connectivity index (χ0) is 21.1. The summed E-state index contributed by atoms with van der Waals surface area (Å²) in [5.74, 6) is 0.857. The summed E-state index contributed by atoms with van der Waals surface area (Å²) >= 11 is 0. The molecule has 8 heteroatoms. The lowest BCUT2D eigenvalue weighted by atomic mass is 9.80. The lowest BCUT2D eigenvalue weighted by Gasteiger charge is -2.33. The highest BCUT2D eigenvalue weighted by atomic mass is 16.5.